The van der Waals surface area contributed by atoms with Gasteiger partial charge in [0.1, 0.15) is 12.1 Å². The number of hydrogen-bond donors (Lipinski definition) is 0. The molecule has 4 aromatic rings. The van der Waals surface area contributed by atoms with E-state index >= 15 is 0 Å². The third-order valence-corrected chi connectivity index (χ3v) is 4.34. The molecule has 0 radical (unpaired) electrons. The van der Waals surface area contributed by atoms with Crippen LogP contribution in [0.2, 0.25) is 0 Å². The Morgan fingerprint density at radius 1 is 1.00 bits per heavy atom. The third-order valence-electron chi connectivity index (χ3n) is 3.69. The van der Waals surface area contributed by atoms with Gasteiger partial charge in [-0.25, -0.2) is 9.37 Å². The minimum Gasteiger partial charge on any atom is -0.265 e. The van der Waals surface area contributed by atoms with Gasteiger partial charge in [-0.15, -0.1) is 10.2 Å². The number of rotatable bonds is 3. The van der Waals surface area contributed by atoms with Crippen LogP contribution in [0.4, 0.5) is 4.39 Å². The van der Waals surface area contributed by atoms with E-state index in [2.05, 4.69) is 15.2 Å². The topological polar surface area (TPSA) is 56.0 Å². The molecule has 0 aliphatic heterocycles. The minimum absolute atomic E-state index is 0.282. The first-order valence-corrected chi connectivity index (χ1v) is 8.44. The normalized spacial score (nSPS) is 11.1. The van der Waals surface area contributed by atoms with Gasteiger partial charge in [-0.05, 0) is 36.1 Å². The molecule has 0 amide bonds. The van der Waals surface area contributed by atoms with Gasteiger partial charge in [-0.1, -0.05) is 23.9 Å². The second-order valence-electron chi connectivity index (χ2n) is 5.09. The molecule has 0 saturated carbocycles. The van der Waals surface area contributed by atoms with Crippen molar-refractivity contribution in [2.45, 2.75) is 5.16 Å². The van der Waals surface area contributed by atoms with E-state index in [1.807, 2.05) is 22.8 Å². The molecule has 24 heavy (non-hydrogen) atoms. The summed E-state index contributed by atoms with van der Waals surface area (Å²) in [5.41, 5.74) is 4.03. The van der Waals surface area contributed by atoms with E-state index in [0.717, 1.165) is 27.5 Å². The second kappa shape index (κ2) is 6.01. The Kier molecular flexibility index (Phi) is 3.70. The fourth-order valence-electron chi connectivity index (χ4n) is 2.60. The summed E-state index contributed by atoms with van der Waals surface area (Å²) in [6, 6.07) is 10.1. The van der Waals surface area contributed by atoms with Crippen molar-refractivity contribution < 1.29 is 4.39 Å². The van der Waals surface area contributed by atoms with Crippen LogP contribution in [-0.2, 0) is 0 Å². The highest BCUT2D eigenvalue weighted by Crippen LogP contribution is 2.35. The van der Waals surface area contributed by atoms with Crippen LogP contribution in [0, 0.1) is 5.82 Å². The largest absolute Gasteiger partial charge is 0.265 e. The first-order valence-electron chi connectivity index (χ1n) is 7.22. The average molecular weight is 337 g/mol. The Bertz CT molecular complexity index is 999. The SMILES string of the molecule is CSc1nc(-c2ccncc2)c(-c2ccc(F)cc2)c2nncn12. The van der Waals surface area contributed by atoms with E-state index in [-0.39, 0.29) is 5.82 Å². The van der Waals surface area contributed by atoms with Gasteiger partial charge < -0.3 is 0 Å². The van der Waals surface area contributed by atoms with Crippen molar-refractivity contribution in [3.05, 3.63) is 60.9 Å². The molecule has 5 nitrogen and oxygen atoms in total. The number of fused-ring (bicyclic) bond motifs is 1. The summed E-state index contributed by atoms with van der Waals surface area (Å²) in [5, 5.41) is 9.07. The average Bonchev–Trinajstić information content (AvgIpc) is 3.11. The molecule has 7 heteroatoms. The van der Waals surface area contributed by atoms with Gasteiger partial charge in [-0.3, -0.25) is 9.38 Å². The lowest BCUT2D eigenvalue weighted by molar-refractivity contribution is 0.628. The third kappa shape index (κ3) is 2.43. The van der Waals surface area contributed by atoms with Gasteiger partial charge in [0.05, 0.1) is 11.3 Å². The lowest BCUT2D eigenvalue weighted by atomic mass is 10.0. The molecule has 0 spiro atoms. The number of halogens is 1. The van der Waals surface area contributed by atoms with Crippen molar-refractivity contribution in [2.24, 2.45) is 0 Å². The van der Waals surface area contributed by atoms with E-state index in [9.17, 15) is 4.39 Å². The fourth-order valence-corrected chi connectivity index (χ4v) is 3.11. The zero-order valence-corrected chi connectivity index (χ0v) is 13.5. The van der Waals surface area contributed by atoms with Crippen LogP contribution in [0.25, 0.3) is 28.0 Å². The number of pyridine rings is 1. The molecule has 0 atom stereocenters. The van der Waals surface area contributed by atoms with Crippen LogP contribution in [0.15, 0.2) is 60.3 Å². The van der Waals surface area contributed by atoms with Gasteiger partial charge in [0.2, 0.25) is 0 Å². The molecule has 118 valence electrons. The Labute approximate surface area is 141 Å². The molecule has 0 aliphatic rings. The predicted octanol–water partition coefficient (Wildman–Crippen LogP) is 3.71. The van der Waals surface area contributed by atoms with Crippen LogP contribution in [-0.4, -0.2) is 30.8 Å². The Morgan fingerprint density at radius 3 is 2.46 bits per heavy atom. The van der Waals surface area contributed by atoms with Crippen LogP contribution in [0.3, 0.4) is 0 Å². The molecular weight excluding hydrogens is 325 g/mol. The maximum atomic E-state index is 13.3. The highest BCUT2D eigenvalue weighted by Gasteiger charge is 2.18. The fraction of sp³-hybridized carbons (Fsp3) is 0.0588. The quantitative estimate of drug-likeness (QED) is 0.421. The first kappa shape index (κ1) is 14.8. The van der Waals surface area contributed by atoms with Crippen molar-refractivity contribution in [1.29, 1.82) is 0 Å². The molecule has 0 fully saturated rings. The molecule has 3 aromatic heterocycles. The van der Waals surface area contributed by atoms with E-state index < -0.39 is 0 Å². The number of nitrogens with zero attached hydrogens (tertiary/aromatic N) is 5. The standard InChI is InChI=1S/C17H12FN5S/c1-24-17-21-15(12-6-8-19-9-7-12)14(16-22-20-10-23(16)17)11-2-4-13(18)5-3-11/h2-10H,1H3. The predicted molar refractivity (Wildman–Crippen MR) is 91.2 cm³/mol. The summed E-state index contributed by atoms with van der Waals surface area (Å²) in [6.07, 6.45) is 7.03. The Hall–Kier alpha value is -2.80. The Balaban J connectivity index is 2.09. The molecule has 0 bridgehead atoms. The number of aromatic nitrogens is 5. The summed E-state index contributed by atoms with van der Waals surface area (Å²) < 4.78 is 15.2. The summed E-state index contributed by atoms with van der Waals surface area (Å²) in [7, 11) is 0. The highest BCUT2D eigenvalue weighted by atomic mass is 32.2. The number of hydrogen-bond acceptors (Lipinski definition) is 5. The monoisotopic (exact) mass is 337 g/mol. The van der Waals surface area contributed by atoms with Crippen molar-refractivity contribution in [1.82, 2.24) is 24.6 Å². The van der Waals surface area contributed by atoms with E-state index in [1.165, 1.54) is 23.9 Å². The van der Waals surface area contributed by atoms with Crippen LogP contribution in [0.5, 0.6) is 0 Å². The number of benzene rings is 1. The van der Waals surface area contributed by atoms with Crippen LogP contribution >= 0.6 is 11.8 Å². The van der Waals surface area contributed by atoms with Gasteiger partial charge in [0, 0.05) is 18.0 Å². The number of thioether (sulfide) groups is 1. The van der Waals surface area contributed by atoms with Crippen LogP contribution in [0.1, 0.15) is 0 Å². The van der Waals surface area contributed by atoms with Crippen molar-refractivity contribution in [2.75, 3.05) is 6.26 Å². The second-order valence-corrected chi connectivity index (χ2v) is 5.86. The van der Waals surface area contributed by atoms with E-state index in [4.69, 9.17) is 4.98 Å². The van der Waals surface area contributed by atoms with Crippen molar-refractivity contribution >= 4 is 17.4 Å². The summed E-state index contributed by atoms with van der Waals surface area (Å²) >= 11 is 1.51. The summed E-state index contributed by atoms with van der Waals surface area (Å²) in [4.78, 5) is 8.85. The highest BCUT2D eigenvalue weighted by molar-refractivity contribution is 7.98. The first-order chi connectivity index (χ1) is 11.8. The smallest absolute Gasteiger partial charge is 0.175 e. The molecular formula is C17H12FN5S. The molecule has 4 rings (SSSR count). The zero-order valence-electron chi connectivity index (χ0n) is 12.7. The maximum Gasteiger partial charge on any atom is 0.175 e. The molecule has 1 aromatic carbocycles. The van der Waals surface area contributed by atoms with E-state index in [1.54, 1.807) is 30.9 Å². The van der Waals surface area contributed by atoms with Gasteiger partial charge in [0.25, 0.3) is 0 Å². The molecule has 0 aliphatic carbocycles. The molecule has 0 saturated heterocycles. The van der Waals surface area contributed by atoms with Gasteiger partial charge >= 0.3 is 0 Å². The van der Waals surface area contributed by atoms with E-state index in [0.29, 0.717) is 5.65 Å². The summed E-state index contributed by atoms with van der Waals surface area (Å²) in [6.45, 7) is 0. The minimum atomic E-state index is -0.282. The van der Waals surface area contributed by atoms with Crippen LogP contribution < -0.4 is 0 Å². The lowest BCUT2D eigenvalue weighted by Crippen LogP contribution is -2.00. The zero-order chi connectivity index (χ0) is 16.5. The van der Waals surface area contributed by atoms with Crippen molar-refractivity contribution in [3.63, 3.8) is 0 Å². The van der Waals surface area contributed by atoms with Crippen molar-refractivity contribution in [3.8, 4) is 22.4 Å². The lowest BCUT2D eigenvalue weighted by Gasteiger charge is -2.13. The summed E-state index contributed by atoms with van der Waals surface area (Å²) in [5.74, 6) is -0.282. The molecule has 3 heterocycles. The molecule has 0 N–H and O–H groups in total. The maximum absolute atomic E-state index is 13.3. The van der Waals surface area contributed by atoms with Gasteiger partial charge in [0.15, 0.2) is 10.8 Å². The molecule has 0 unspecified atom stereocenters. The Morgan fingerprint density at radius 2 is 1.75 bits per heavy atom. The van der Waals surface area contributed by atoms with Gasteiger partial charge in [-0.2, -0.15) is 0 Å².